The first-order chi connectivity index (χ1) is 7.95. The molecule has 0 spiro atoms. The van der Waals surface area contributed by atoms with Crippen LogP contribution in [0.3, 0.4) is 0 Å². The number of carbonyl (C=O) groups excluding carboxylic acids is 1. The van der Waals surface area contributed by atoms with Crippen molar-refractivity contribution >= 4 is 5.97 Å². The van der Waals surface area contributed by atoms with Gasteiger partial charge in [-0.1, -0.05) is 12.8 Å². The summed E-state index contributed by atoms with van der Waals surface area (Å²) in [6.45, 7) is 6.93. The molecule has 0 saturated heterocycles. The summed E-state index contributed by atoms with van der Waals surface area (Å²) in [7, 11) is 0. The zero-order chi connectivity index (χ0) is 13.1. The third-order valence-electron chi connectivity index (χ3n) is 2.07. The lowest BCUT2D eigenvalue weighted by Crippen LogP contribution is -2.24. The molecule has 0 aliphatic heterocycles. The smallest absolute Gasteiger partial charge is 0.308 e. The molecule has 0 saturated carbocycles. The lowest BCUT2D eigenvalue weighted by Gasteiger charge is -2.19. The van der Waals surface area contributed by atoms with Crippen LogP contribution in [0.1, 0.15) is 52.9 Å². The molecule has 102 valence electrons. The fourth-order valence-corrected chi connectivity index (χ4v) is 1.32. The van der Waals surface area contributed by atoms with Crippen molar-refractivity contribution in [2.45, 2.75) is 58.5 Å². The minimum atomic E-state index is -0.415. The summed E-state index contributed by atoms with van der Waals surface area (Å²) in [4.78, 5) is 11.3. The zero-order valence-electron chi connectivity index (χ0n) is 11.3. The molecule has 1 N–H and O–H groups in total. The maximum atomic E-state index is 11.3. The highest BCUT2D eigenvalue weighted by atomic mass is 16.6. The second-order valence-electron chi connectivity index (χ2n) is 5.09. The largest absolute Gasteiger partial charge is 0.460 e. The van der Waals surface area contributed by atoms with Crippen LogP contribution in [0.25, 0.3) is 0 Å². The second-order valence-corrected chi connectivity index (χ2v) is 5.09. The second kappa shape index (κ2) is 9.42. The summed E-state index contributed by atoms with van der Waals surface area (Å²) in [5.74, 6) is -0.210. The van der Waals surface area contributed by atoms with E-state index >= 15 is 0 Å². The molecule has 0 heterocycles. The van der Waals surface area contributed by atoms with E-state index in [9.17, 15) is 4.79 Å². The first-order valence-corrected chi connectivity index (χ1v) is 6.36. The lowest BCUT2D eigenvalue weighted by molar-refractivity contribution is -0.156. The van der Waals surface area contributed by atoms with Crippen LogP contribution in [-0.2, 0) is 14.3 Å². The van der Waals surface area contributed by atoms with E-state index in [1.165, 1.54) is 0 Å². The molecule has 0 fully saturated rings. The predicted molar refractivity (Wildman–Crippen MR) is 66.8 cm³/mol. The number of esters is 1. The maximum absolute atomic E-state index is 11.3. The average molecular weight is 246 g/mol. The summed E-state index contributed by atoms with van der Waals surface area (Å²) >= 11 is 0. The minimum absolute atomic E-state index is 0.210. The van der Waals surface area contributed by atoms with Gasteiger partial charge in [-0.25, -0.2) is 0 Å². The molecule has 17 heavy (non-hydrogen) atoms. The van der Waals surface area contributed by atoms with E-state index in [4.69, 9.17) is 14.6 Å². The third kappa shape index (κ3) is 13.3. The van der Waals surface area contributed by atoms with Crippen LogP contribution in [0.5, 0.6) is 0 Å². The van der Waals surface area contributed by atoms with Gasteiger partial charge in [-0.05, 0) is 33.6 Å². The Kier molecular flexibility index (Phi) is 9.09. The average Bonchev–Trinajstić information content (AvgIpc) is 2.19. The highest BCUT2D eigenvalue weighted by Crippen LogP contribution is 2.08. The van der Waals surface area contributed by atoms with E-state index in [1.54, 1.807) is 0 Å². The number of aliphatic hydroxyl groups is 1. The molecular weight excluding hydrogens is 220 g/mol. The Morgan fingerprint density at radius 2 is 1.71 bits per heavy atom. The van der Waals surface area contributed by atoms with Crippen molar-refractivity contribution in [1.29, 1.82) is 0 Å². The van der Waals surface area contributed by atoms with E-state index in [0.29, 0.717) is 19.6 Å². The number of ether oxygens (including phenoxy) is 2. The van der Waals surface area contributed by atoms with Crippen molar-refractivity contribution in [2.75, 3.05) is 19.8 Å². The summed E-state index contributed by atoms with van der Waals surface area (Å²) in [6.07, 6.45) is 4.25. The van der Waals surface area contributed by atoms with Crippen molar-refractivity contribution in [1.82, 2.24) is 0 Å². The monoisotopic (exact) mass is 246 g/mol. The van der Waals surface area contributed by atoms with Crippen molar-refractivity contribution < 1.29 is 19.4 Å². The van der Waals surface area contributed by atoms with Gasteiger partial charge in [0.15, 0.2) is 0 Å². The van der Waals surface area contributed by atoms with Gasteiger partial charge in [-0.15, -0.1) is 0 Å². The van der Waals surface area contributed by atoms with Crippen molar-refractivity contribution in [3.05, 3.63) is 0 Å². The third-order valence-corrected chi connectivity index (χ3v) is 2.07. The molecule has 0 aromatic heterocycles. The Hall–Kier alpha value is -0.610. The molecular formula is C13H26O4. The van der Waals surface area contributed by atoms with Crippen LogP contribution in [0.15, 0.2) is 0 Å². The summed E-state index contributed by atoms with van der Waals surface area (Å²) in [5.41, 5.74) is -0.415. The normalized spacial score (nSPS) is 11.5. The fraction of sp³-hybridized carbons (Fsp3) is 0.923. The molecule has 0 aromatic carbocycles. The lowest BCUT2D eigenvalue weighted by atomic mass is 10.2. The van der Waals surface area contributed by atoms with Crippen LogP contribution in [0.2, 0.25) is 0 Å². The van der Waals surface area contributed by atoms with Crippen LogP contribution in [0.4, 0.5) is 0 Å². The molecule has 0 aromatic rings. The molecule has 0 atom stereocenters. The maximum Gasteiger partial charge on any atom is 0.308 e. The van der Waals surface area contributed by atoms with Crippen molar-refractivity contribution in [2.24, 2.45) is 0 Å². The number of hydrogen-bond donors (Lipinski definition) is 1. The van der Waals surface area contributed by atoms with E-state index in [2.05, 4.69) is 0 Å². The van der Waals surface area contributed by atoms with Gasteiger partial charge in [0.05, 0.1) is 13.0 Å². The van der Waals surface area contributed by atoms with Crippen LogP contribution in [0, 0.1) is 0 Å². The highest BCUT2D eigenvalue weighted by Gasteiger charge is 2.15. The fourth-order valence-electron chi connectivity index (χ4n) is 1.32. The van der Waals surface area contributed by atoms with E-state index in [1.807, 2.05) is 20.8 Å². The zero-order valence-corrected chi connectivity index (χ0v) is 11.3. The van der Waals surface area contributed by atoms with Crippen LogP contribution in [-0.4, -0.2) is 36.5 Å². The van der Waals surface area contributed by atoms with Gasteiger partial charge < -0.3 is 14.6 Å². The van der Waals surface area contributed by atoms with Crippen molar-refractivity contribution in [3.8, 4) is 0 Å². The summed E-state index contributed by atoms with van der Waals surface area (Å²) < 4.78 is 10.5. The Bertz CT molecular complexity index is 196. The molecule has 0 unspecified atom stereocenters. The SMILES string of the molecule is CC(C)(C)OC(=O)CCOCCCCCCO. The molecule has 4 nitrogen and oxygen atoms in total. The minimum Gasteiger partial charge on any atom is -0.460 e. The summed E-state index contributed by atoms with van der Waals surface area (Å²) in [5, 5.41) is 8.58. The van der Waals surface area contributed by atoms with E-state index in [0.717, 1.165) is 25.7 Å². The van der Waals surface area contributed by atoms with Crippen LogP contribution < -0.4 is 0 Å². The number of aliphatic hydroxyl groups excluding tert-OH is 1. The van der Waals surface area contributed by atoms with Gasteiger partial charge in [-0.2, -0.15) is 0 Å². The predicted octanol–water partition coefficient (Wildman–Crippen LogP) is 2.29. The highest BCUT2D eigenvalue weighted by molar-refractivity contribution is 5.69. The van der Waals surface area contributed by atoms with Gasteiger partial charge >= 0.3 is 5.97 Å². The molecule has 0 radical (unpaired) electrons. The van der Waals surface area contributed by atoms with Crippen LogP contribution >= 0.6 is 0 Å². The molecule has 0 amide bonds. The van der Waals surface area contributed by atoms with E-state index in [-0.39, 0.29) is 12.6 Å². The van der Waals surface area contributed by atoms with Gasteiger partial charge in [0.2, 0.25) is 0 Å². The van der Waals surface area contributed by atoms with E-state index < -0.39 is 5.60 Å². The molecule has 4 heteroatoms. The summed E-state index contributed by atoms with van der Waals surface area (Å²) in [6, 6.07) is 0. The standard InChI is InChI=1S/C13H26O4/c1-13(2,3)17-12(15)8-11-16-10-7-5-4-6-9-14/h14H,4-11H2,1-3H3. The van der Waals surface area contributed by atoms with Gasteiger partial charge in [0.25, 0.3) is 0 Å². The Morgan fingerprint density at radius 3 is 2.29 bits per heavy atom. The van der Waals surface area contributed by atoms with Gasteiger partial charge in [-0.3, -0.25) is 4.79 Å². The topological polar surface area (TPSA) is 55.8 Å². The number of carbonyl (C=O) groups is 1. The first-order valence-electron chi connectivity index (χ1n) is 6.36. The van der Waals surface area contributed by atoms with Crippen molar-refractivity contribution in [3.63, 3.8) is 0 Å². The quantitative estimate of drug-likeness (QED) is 0.501. The molecule has 0 aliphatic carbocycles. The Morgan fingerprint density at radius 1 is 1.06 bits per heavy atom. The molecule has 0 bridgehead atoms. The molecule has 0 rings (SSSR count). The van der Waals surface area contributed by atoms with Gasteiger partial charge in [0, 0.05) is 13.2 Å². The first kappa shape index (κ1) is 16.4. The molecule has 0 aliphatic rings. The number of hydrogen-bond acceptors (Lipinski definition) is 4. The number of rotatable bonds is 9. The Labute approximate surface area is 104 Å². The number of unbranched alkanes of at least 4 members (excludes halogenated alkanes) is 3. The van der Waals surface area contributed by atoms with Gasteiger partial charge in [0.1, 0.15) is 5.60 Å². The Balaban J connectivity index is 3.25.